The van der Waals surface area contributed by atoms with Crippen molar-refractivity contribution in [3.05, 3.63) is 74.9 Å². The van der Waals surface area contributed by atoms with Gasteiger partial charge in [0.1, 0.15) is 6.04 Å². The van der Waals surface area contributed by atoms with Crippen molar-refractivity contribution in [3.63, 3.8) is 0 Å². The molecule has 1 heterocycles. The SMILES string of the molecule is COc1cc2c(c(OC)c1OC)-c1ccc(N[C@H](CCSC)C(=O)N3CCN(S(=O)(=O)c4ccc(Cl)cc4)CC3)c(=O)cc1[C@H](NC(C)=O)CC2. The average Bonchev–Trinajstić information content (AvgIpc) is 3.36. The van der Waals surface area contributed by atoms with Gasteiger partial charge in [-0.25, -0.2) is 8.42 Å². The van der Waals surface area contributed by atoms with Crippen molar-refractivity contribution in [2.24, 2.45) is 0 Å². The van der Waals surface area contributed by atoms with Gasteiger partial charge in [-0.3, -0.25) is 14.4 Å². The van der Waals surface area contributed by atoms with Gasteiger partial charge in [0.15, 0.2) is 11.5 Å². The Morgan fingerprint density at radius 2 is 1.67 bits per heavy atom. The molecule has 51 heavy (non-hydrogen) atoms. The third-order valence-electron chi connectivity index (χ3n) is 9.16. The average molecular weight is 759 g/mol. The molecule has 15 heteroatoms. The number of ether oxygens (including phenoxy) is 3. The number of fused-ring (bicyclic) bond motifs is 3. The molecule has 1 saturated heterocycles. The minimum absolute atomic E-state index is 0.131. The van der Waals surface area contributed by atoms with Crippen LogP contribution < -0.4 is 30.3 Å². The van der Waals surface area contributed by atoms with Crippen LogP contribution in [0.15, 0.2) is 58.2 Å². The number of carbonyl (C=O) groups excluding carboxylic acids is 2. The normalized spacial score (nSPS) is 16.6. The minimum atomic E-state index is -3.76. The number of aryl methyl sites for hydroxylation is 1. The van der Waals surface area contributed by atoms with E-state index in [1.54, 1.807) is 29.8 Å². The van der Waals surface area contributed by atoms with E-state index in [0.29, 0.717) is 58.4 Å². The lowest BCUT2D eigenvalue weighted by Crippen LogP contribution is -2.54. The summed E-state index contributed by atoms with van der Waals surface area (Å²) >= 11 is 7.53. The zero-order valence-corrected chi connectivity index (χ0v) is 31.7. The Morgan fingerprint density at radius 1 is 0.980 bits per heavy atom. The van der Waals surface area contributed by atoms with Crippen LogP contribution >= 0.6 is 23.4 Å². The molecule has 1 fully saturated rings. The van der Waals surface area contributed by atoms with Crippen LogP contribution in [0.1, 0.15) is 36.9 Å². The number of benzene rings is 2. The van der Waals surface area contributed by atoms with Gasteiger partial charge in [0.2, 0.25) is 33.0 Å². The Morgan fingerprint density at radius 3 is 2.27 bits per heavy atom. The van der Waals surface area contributed by atoms with Crippen LogP contribution in [0.5, 0.6) is 17.2 Å². The molecule has 2 amide bonds. The molecule has 2 N–H and O–H groups in total. The molecule has 1 aliphatic carbocycles. The molecule has 274 valence electrons. The molecule has 2 atom stereocenters. The van der Waals surface area contributed by atoms with E-state index in [2.05, 4.69) is 10.6 Å². The molecule has 3 aromatic rings. The van der Waals surface area contributed by atoms with Gasteiger partial charge in [0, 0.05) is 43.7 Å². The van der Waals surface area contributed by atoms with E-state index in [1.165, 1.54) is 55.8 Å². The molecule has 0 radical (unpaired) electrons. The number of carbonyl (C=O) groups is 2. The van der Waals surface area contributed by atoms with Crippen molar-refractivity contribution >= 4 is 50.9 Å². The fourth-order valence-corrected chi connectivity index (χ4v) is 8.65. The number of halogens is 1. The number of anilines is 1. The maximum atomic E-state index is 14.0. The van der Waals surface area contributed by atoms with Gasteiger partial charge < -0.3 is 29.7 Å². The number of hydrogen-bond donors (Lipinski definition) is 2. The first-order valence-corrected chi connectivity index (χ1v) is 19.7. The van der Waals surface area contributed by atoms with Crippen molar-refractivity contribution < 1.29 is 32.2 Å². The summed E-state index contributed by atoms with van der Waals surface area (Å²) in [6, 6.07) is 11.7. The molecule has 2 aliphatic rings. The van der Waals surface area contributed by atoms with E-state index >= 15 is 0 Å². The summed E-state index contributed by atoms with van der Waals surface area (Å²) in [7, 11) is 0.858. The standard InChI is InChI=1S/C36H43ClN4O8S2/c1-22(42)38-28-12-6-23-20-32(47-2)34(48-3)35(49-4)33(23)26-11-13-29(31(43)21-27(26)28)39-30(14-19-50-5)36(44)40-15-17-41(18-16-40)51(45,46)25-9-7-24(37)8-10-25/h7-11,13,20-21,28,30H,6,12,14-19H2,1-5H3,(H,38,42)(H,39,43)/t28-,30-/m1/s1. The molecule has 0 aromatic heterocycles. The van der Waals surface area contributed by atoms with Crippen LogP contribution in [0, 0.1) is 0 Å². The minimum Gasteiger partial charge on any atom is -0.493 e. The van der Waals surface area contributed by atoms with E-state index < -0.39 is 22.1 Å². The third kappa shape index (κ3) is 8.24. The molecule has 1 aliphatic heterocycles. The Hall–Kier alpha value is -3.98. The number of methoxy groups -OCH3 is 3. The van der Waals surface area contributed by atoms with Crippen molar-refractivity contribution in [2.75, 3.05) is 64.8 Å². The second kappa shape index (κ2) is 16.6. The summed E-state index contributed by atoms with van der Waals surface area (Å²) in [6.07, 6.45) is 3.45. The quantitative estimate of drug-likeness (QED) is 0.270. The Balaban J connectivity index is 1.47. The summed E-state index contributed by atoms with van der Waals surface area (Å²) in [5.41, 5.74) is 2.77. The van der Waals surface area contributed by atoms with Crippen molar-refractivity contribution in [1.29, 1.82) is 0 Å². The van der Waals surface area contributed by atoms with E-state index in [0.717, 1.165) is 11.1 Å². The topological polar surface area (TPSA) is 144 Å². The maximum Gasteiger partial charge on any atom is 0.245 e. The molecule has 3 aromatic carbocycles. The molecule has 0 bridgehead atoms. The van der Waals surface area contributed by atoms with Crippen LogP contribution in [0.25, 0.3) is 11.1 Å². The Bertz CT molecular complexity index is 1940. The first-order valence-electron chi connectivity index (χ1n) is 16.5. The summed E-state index contributed by atoms with van der Waals surface area (Å²) in [4.78, 5) is 42.1. The highest BCUT2D eigenvalue weighted by Crippen LogP contribution is 2.50. The number of nitrogens with zero attached hydrogens (tertiary/aromatic N) is 2. The number of hydrogen-bond acceptors (Lipinski definition) is 10. The third-order valence-corrected chi connectivity index (χ3v) is 12.0. The van der Waals surface area contributed by atoms with Gasteiger partial charge in [-0.2, -0.15) is 16.1 Å². The lowest BCUT2D eigenvalue weighted by molar-refractivity contribution is -0.133. The van der Waals surface area contributed by atoms with Crippen LogP contribution in [0.2, 0.25) is 5.02 Å². The number of nitrogens with one attached hydrogen (secondary N) is 2. The zero-order chi connectivity index (χ0) is 36.9. The Kier molecular flexibility index (Phi) is 12.4. The molecule has 5 rings (SSSR count). The number of rotatable bonds is 12. The molecular formula is C36H43ClN4O8S2. The van der Waals surface area contributed by atoms with Gasteiger partial charge in [0.25, 0.3) is 0 Å². The molecule has 0 saturated carbocycles. The molecule has 0 unspecified atom stereocenters. The molecule has 0 spiro atoms. The lowest BCUT2D eigenvalue weighted by Gasteiger charge is -2.36. The van der Waals surface area contributed by atoms with Crippen molar-refractivity contribution in [2.45, 2.75) is 43.2 Å². The summed E-state index contributed by atoms with van der Waals surface area (Å²) < 4.78 is 45.0. The highest BCUT2D eigenvalue weighted by atomic mass is 35.5. The summed E-state index contributed by atoms with van der Waals surface area (Å²) in [6.45, 7) is 2.10. The first kappa shape index (κ1) is 38.3. The predicted molar refractivity (Wildman–Crippen MR) is 200 cm³/mol. The van der Waals surface area contributed by atoms with E-state index in [9.17, 15) is 22.8 Å². The molecule has 12 nitrogen and oxygen atoms in total. The number of sulfonamides is 1. The highest BCUT2D eigenvalue weighted by molar-refractivity contribution is 7.98. The van der Waals surface area contributed by atoms with Gasteiger partial charge in [-0.15, -0.1) is 0 Å². The fourth-order valence-electron chi connectivity index (χ4n) is 6.63. The predicted octanol–water partition coefficient (Wildman–Crippen LogP) is 4.58. The number of amides is 2. The fraction of sp³-hybridized carbons (Fsp3) is 0.417. The monoisotopic (exact) mass is 758 g/mol. The number of piperazine rings is 1. The van der Waals surface area contributed by atoms with Crippen molar-refractivity contribution in [3.8, 4) is 28.4 Å². The number of thioether (sulfide) groups is 1. The van der Waals surface area contributed by atoms with Gasteiger partial charge in [-0.1, -0.05) is 17.7 Å². The summed E-state index contributed by atoms with van der Waals surface area (Å²) in [5.74, 6) is 1.53. The van der Waals surface area contributed by atoms with Crippen LogP contribution in [0.3, 0.4) is 0 Å². The first-order chi connectivity index (χ1) is 24.4. The lowest BCUT2D eigenvalue weighted by atomic mass is 9.95. The summed E-state index contributed by atoms with van der Waals surface area (Å²) in [5, 5.41) is 6.68. The van der Waals surface area contributed by atoms with Crippen LogP contribution in [-0.2, 0) is 26.0 Å². The van der Waals surface area contributed by atoms with Crippen molar-refractivity contribution in [1.82, 2.24) is 14.5 Å². The van der Waals surface area contributed by atoms with Gasteiger partial charge in [-0.05, 0) is 90.4 Å². The van der Waals surface area contributed by atoms with E-state index in [-0.39, 0.29) is 54.0 Å². The second-order valence-corrected chi connectivity index (χ2v) is 15.6. The largest absolute Gasteiger partial charge is 0.493 e. The molecular weight excluding hydrogens is 716 g/mol. The maximum absolute atomic E-state index is 14.0. The highest BCUT2D eigenvalue weighted by Gasteiger charge is 2.34. The van der Waals surface area contributed by atoms with Gasteiger partial charge in [0.05, 0.1) is 38.0 Å². The van der Waals surface area contributed by atoms with E-state index in [1.807, 2.05) is 18.4 Å². The smallest absolute Gasteiger partial charge is 0.245 e. The van der Waals surface area contributed by atoms with E-state index in [4.69, 9.17) is 25.8 Å². The zero-order valence-electron chi connectivity index (χ0n) is 29.3. The second-order valence-electron chi connectivity index (χ2n) is 12.3. The van der Waals surface area contributed by atoms with Gasteiger partial charge >= 0.3 is 0 Å². The van der Waals surface area contributed by atoms with Crippen LogP contribution in [0.4, 0.5) is 5.69 Å². The Labute approximate surface area is 307 Å². The van der Waals surface area contributed by atoms with Crippen LogP contribution in [-0.4, -0.2) is 95.0 Å².